The molecule has 1 aliphatic heterocycles. The van der Waals surface area contributed by atoms with Crippen LogP contribution in [0.4, 0.5) is 5.69 Å². The lowest BCUT2D eigenvalue weighted by molar-refractivity contribution is -0.139. The molecule has 0 aliphatic carbocycles. The Morgan fingerprint density at radius 1 is 1.07 bits per heavy atom. The average Bonchev–Trinajstić information content (AvgIpc) is 2.75. The van der Waals surface area contributed by atoms with E-state index in [4.69, 9.17) is 4.74 Å². The molecule has 0 amide bonds. The Hall–Kier alpha value is -2.57. The Balaban J connectivity index is 1.41. The molecule has 2 aromatic rings. The summed E-state index contributed by atoms with van der Waals surface area (Å²) in [5, 5.41) is 10.4. The topological polar surface area (TPSA) is 62.2 Å². The SMILES string of the molecule is COC(=O)Cc1ccc(OC[C@@H](O)CN2CCN(c3cc(C)ccc3C)CC2)cc1. The number of anilines is 1. The number of carbonyl (C=O) groups is 1. The first-order valence-corrected chi connectivity index (χ1v) is 10.5. The second kappa shape index (κ2) is 10.5. The lowest BCUT2D eigenvalue weighted by Crippen LogP contribution is -2.49. The van der Waals surface area contributed by atoms with E-state index in [9.17, 15) is 9.90 Å². The fourth-order valence-corrected chi connectivity index (χ4v) is 3.72. The van der Waals surface area contributed by atoms with Crippen LogP contribution >= 0.6 is 0 Å². The molecule has 0 radical (unpaired) electrons. The zero-order valence-corrected chi connectivity index (χ0v) is 18.1. The second-order valence-electron chi connectivity index (χ2n) is 7.94. The van der Waals surface area contributed by atoms with Gasteiger partial charge in [-0.1, -0.05) is 24.3 Å². The highest BCUT2D eigenvalue weighted by molar-refractivity contribution is 5.72. The summed E-state index contributed by atoms with van der Waals surface area (Å²) in [6.07, 6.45) is -0.306. The van der Waals surface area contributed by atoms with Gasteiger partial charge in [-0.2, -0.15) is 0 Å². The highest BCUT2D eigenvalue weighted by atomic mass is 16.5. The van der Waals surface area contributed by atoms with Crippen molar-refractivity contribution in [3.63, 3.8) is 0 Å². The third-order valence-electron chi connectivity index (χ3n) is 5.49. The van der Waals surface area contributed by atoms with Gasteiger partial charge in [0.1, 0.15) is 18.5 Å². The fraction of sp³-hybridized carbons (Fsp3) is 0.458. The number of nitrogens with zero attached hydrogens (tertiary/aromatic N) is 2. The van der Waals surface area contributed by atoms with Crippen molar-refractivity contribution in [2.75, 3.05) is 51.3 Å². The van der Waals surface area contributed by atoms with Crippen molar-refractivity contribution in [3.05, 3.63) is 59.2 Å². The van der Waals surface area contributed by atoms with Gasteiger partial charge in [-0.05, 0) is 48.7 Å². The molecule has 0 spiro atoms. The lowest BCUT2D eigenvalue weighted by Gasteiger charge is -2.37. The van der Waals surface area contributed by atoms with Gasteiger partial charge in [-0.15, -0.1) is 0 Å². The van der Waals surface area contributed by atoms with Gasteiger partial charge in [0, 0.05) is 38.4 Å². The van der Waals surface area contributed by atoms with Crippen molar-refractivity contribution in [1.82, 2.24) is 4.90 Å². The van der Waals surface area contributed by atoms with E-state index in [-0.39, 0.29) is 19.0 Å². The maximum atomic E-state index is 11.3. The molecule has 0 aromatic heterocycles. The van der Waals surface area contributed by atoms with Gasteiger partial charge in [0.05, 0.1) is 13.5 Å². The minimum atomic E-state index is -0.549. The number of β-amino-alcohol motifs (C(OH)–C–C–N with tert-alkyl or cyclic N) is 1. The zero-order chi connectivity index (χ0) is 21.5. The Morgan fingerprint density at radius 2 is 1.77 bits per heavy atom. The van der Waals surface area contributed by atoms with Crippen LogP contribution in [0.25, 0.3) is 0 Å². The normalized spacial score (nSPS) is 15.7. The number of rotatable bonds is 8. The maximum absolute atomic E-state index is 11.3. The number of benzene rings is 2. The number of piperazine rings is 1. The molecule has 0 bridgehead atoms. The van der Waals surface area contributed by atoms with Gasteiger partial charge < -0.3 is 19.5 Å². The molecule has 1 aliphatic rings. The number of aliphatic hydroxyl groups excluding tert-OH is 1. The van der Waals surface area contributed by atoms with Crippen LogP contribution in [-0.4, -0.2) is 68.5 Å². The van der Waals surface area contributed by atoms with Crippen LogP contribution in [0.15, 0.2) is 42.5 Å². The van der Waals surface area contributed by atoms with E-state index >= 15 is 0 Å². The molecule has 1 saturated heterocycles. The molecule has 1 fully saturated rings. The maximum Gasteiger partial charge on any atom is 0.309 e. The zero-order valence-electron chi connectivity index (χ0n) is 18.1. The molecule has 6 heteroatoms. The van der Waals surface area contributed by atoms with Gasteiger partial charge in [0.25, 0.3) is 0 Å². The predicted molar refractivity (Wildman–Crippen MR) is 118 cm³/mol. The number of aryl methyl sites for hydroxylation is 2. The largest absolute Gasteiger partial charge is 0.491 e. The summed E-state index contributed by atoms with van der Waals surface area (Å²) in [5.74, 6) is 0.416. The third-order valence-corrected chi connectivity index (χ3v) is 5.49. The number of esters is 1. The van der Waals surface area contributed by atoms with E-state index in [1.807, 2.05) is 24.3 Å². The van der Waals surface area contributed by atoms with Gasteiger partial charge in [0.2, 0.25) is 0 Å². The van der Waals surface area contributed by atoms with Crippen LogP contribution in [0.1, 0.15) is 16.7 Å². The minimum absolute atomic E-state index is 0.244. The minimum Gasteiger partial charge on any atom is -0.491 e. The van der Waals surface area contributed by atoms with Crippen LogP contribution in [0.2, 0.25) is 0 Å². The van der Waals surface area contributed by atoms with Crippen molar-refractivity contribution in [1.29, 1.82) is 0 Å². The van der Waals surface area contributed by atoms with Crippen LogP contribution in [0, 0.1) is 13.8 Å². The quantitative estimate of drug-likeness (QED) is 0.673. The van der Waals surface area contributed by atoms with Crippen LogP contribution < -0.4 is 9.64 Å². The average molecular weight is 413 g/mol. The Kier molecular flexibility index (Phi) is 7.71. The van der Waals surface area contributed by atoms with Crippen molar-refractivity contribution < 1.29 is 19.4 Å². The number of carbonyl (C=O) groups excluding carboxylic acids is 1. The van der Waals surface area contributed by atoms with Crippen LogP contribution in [0.3, 0.4) is 0 Å². The Bertz CT molecular complexity index is 830. The van der Waals surface area contributed by atoms with Gasteiger partial charge in [0.15, 0.2) is 0 Å². The third kappa shape index (κ3) is 6.21. The molecule has 162 valence electrons. The van der Waals surface area contributed by atoms with E-state index in [2.05, 4.69) is 46.6 Å². The second-order valence-corrected chi connectivity index (χ2v) is 7.94. The van der Waals surface area contributed by atoms with Gasteiger partial charge in [-0.3, -0.25) is 9.69 Å². The first-order chi connectivity index (χ1) is 14.4. The van der Waals surface area contributed by atoms with Gasteiger partial charge >= 0.3 is 5.97 Å². The smallest absolute Gasteiger partial charge is 0.309 e. The van der Waals surface area contributed by atoms with Crippen molar-refractivity contribution >= 4 is 11.7 Å². The molecule has 1 heterocycles. The molecule has 2 aromatic carbocycles. The van der Waals surface area contributed by atoms with E-state index in [0.29, 0.717) is 12.3 Å². The highest BCUT2D eigenvalue weighted by Crippen LogP contribution is 2.23. The number of methoxy groups -OCH3 is 1. The Labute approximate surface area is 179 Å². The van der Waals surface area contributed by atoms with E-state index in [1.165, 1.54) is 23.9 Å². The Morgan fingerprint density at radius 3 is 2.43 bits per heavy atom. The van der Waals surface area contributed by atoms with Gasteiger partial charge in [-0.25, -0.2) is 0 Å². The molecule has 0 saturated carbocycles. The summed E-state index contributed by atoms with van der Waals surface area (Å²) in [7, 11) is 1.38. The summed E-state index contributed by atoms with van der Waals surface area (Å²) in [6.45, 7) is 8.89. The summed E-state index contributed by atoms with van der Waals surface area (Å²) in [5.41, 5.74) is 4.77. The first kappa shape index (κ1) is 22.1. The monoisotopic (exact) mass is 412 g/mol. The van der Waals surface area contributed by atoms with E-state index in [1.54, 1.807) is 0 Å². The highest BCUT2D eigenvalue weighted by Gasteiger charge is 2.20. The van der Waals surface area contributed by atoms with Crippen LogP contribution in [-0.2, 0) is 16.0 Å². The molecule has 1 N–H and O–H groups in total. The number of hydrogen-bond acceptors (Lipinski definition) is 6. The standard InChI is InChI=1S/C24H32N2O4/c1-18-4-5-19(2)23(14-18)26-12-10-25(11-13-26)16-21(27)17-30-22-8-6-20(7-9-22)15-24(28)29-3/h4-9,14,21,27H,10-13,15-17H2,1-3H3/t21-/m0/s1. The summed E-state index contributed by atoms with van der Waals surface area (Å²) in [6, 6.07) is 13.9. The molecule has 30 heavy (non-hydrogen) atoms. The number of hydrogen-bond donors (Lipinski definition) is 1. The van der Waals surface area contributed by atoms with Crippen molar-refractivity contribution in [2.45, 2.75) is 26.4 Å². The lowest BCUT2D eigenvalue weighted by atomic mass is 10.1. The van der Waals surface area contributed by atoms with Crippen molar-refractivity contribution in [3.8, 4) is 5.75 Å². The van der Waals surface area contributed by atoms with E-state index in [0.717, 1.165) is 31.7 Å². The molecule has 3 rings (SSSR count). The van der Waals surface area contributed by atoms with E-state index < -0.39 is 6.10 Å². The van der Waals surface area contributed by atoms with Crippen molar-refractivity contribution in [2.24, 2.45) is 0 Å². The number of aliphatic hydroxyl groups is 1. The fourth-order valence-electron chi connectivity index (χ4n) is 3.72. The molecule has 6 nitrogen and oxygen atoms in total. The number of ether oxygens (including phenoxy) is 2. The molecule has 0 unspecified atom stereocenters. The van der Waals surface area contributed by atoms with Crippen LogP contribution in [0.5, 0.6) is 5.75 Å². The summed E-state index contributed by atoms with van der Waals surface area (Å²) >= 11 is 0. The molecular weight excluding hydrogens is 380 g/mol. The molecular formula is C24H32N2O4. The molecule has 1 atom stereocenters. The summed E-state index contributed by atoms with van der Waals surface area (Å²) in [4.78, 5) is 16.0. The predicted octanol–water partition coefficient (Wildman–Crippen LogP) is 2.58. The first-order valence-electron chi connectivity index (χ1n) is 10.5. The summed E-state index contributed by atoms with van der Waals surface area (Å²) < 4.78 is 10.4.